The Morgan fingerprint density at radius 2 is 2.17 bits per heavy atom. The number of guanidine groups is 1. The quantitative estimate of drug-likeness (QED) is 0.545. The van der Waals surface area contributed by atoms with Crippen LogP contribution >= 0.6 is 0 Å². The number of rotatable bonds is 6. The van der Waals surface area contributed by atoms with Crippen LogP contribution in [0.2, 0.25) is 0 Å². The van der Waals surface area contributed by atoms with E-state index in [0.717, 1.165) is 23.5 Å². The van der Waals surface area contributed by atoms with Gasteiger partial charge in [0, 0.05) is 31.0 Å². The fourth-order valence-corrected chi connectivity index (χ4v) is 2.25. The summed E-state index contributed by atoms with van der Waals surface area (Å²) in [6, 6.07) is 5.88. The molecule has 24 heavy (non-hydrogen) atoms. The molecule has 0 aliphatic carbocycles. The molecule has 2 aromatic heterocycles. The van der Waals surface area contributed by atoms with Crippen LogP contribution in [0, 0.1) is 6.92 Å². The molecule has 0 aliphatic heterocycles. The molecule has 0 bridgehead atoms. The second-order valence-electron chi connectivity index (χ2n) is 6.00. The predicted octanol–water partition coefficient (Wildman–Crippen LogP) is 1.09. The summed E-state index contributed by atoms with van der Waals surface area (Å²) in [5, 5.41) is 21.1. The highest BCUT2D eigenvalue weighted by molar-refractivity contribution is 5.79. The van der Waals surface area contributed by atoms with Gasteiger partial charge >= 0.3 is 0 Å². The van der Waals surface area contributed by atoms with E-state index in [0.29, 0.717) is 19.0 Å². The molecule has 1 unspecified atom stereocenters. The number of nitrogens with one attached hydrogen (secondary N) is 2. The summed E-state index contributed by atoms with van der Waals surface area (Å²) in [7, 11) is 1.83. The van der Waals surface area contributed by atoms with Crippen molar-refractivity contribution in [2.24, 2.45) is 12.0 Å². The van der Waals surface area contributed by atoms with Crippen molar-refractivity contribution in [3.63, 3.8) is 0 Å². The lowest BCUT2D eigenvalue weighted by atomic mass is 10.00. The van der Waals surface area contributed by atoms with Crippen molar-refractivity contribution >= 4 is 5.96 Å². The number of nitrogens with zero attached hydrogens (tertiary/aromatic N) is 4. The molecule has 0 fully saturated rings. The van der Waals surface area contributed by atoms with Crippen molar-refractivity contribution < 1.29 is 5.11 Å². The first kappa shape index (κ1) is 17.9. The van der Waals surface area contributed by atoms with Gasteiger partial charge in [0.2, 0.25) is 0 Å². The maximum atomic E-state index is 10.6. The van der Waals surface area contributed by atoms with Crippen LogP contribution in [0.5, 0.6) is 0 Å². The Labute approximate surface area is 142 Å². The molecule has 0 amide bonds. The zero-order valence-electron chi connectivity index (χ0n) is 14.7. The highest BCUT2D eigenvalue weighted by Gasteiger charge is 2.24. The van der Waals surface area contributed by atoms with Crippen molar-refractivity contribution in [1.29, 1.82) is 0 Å². The topological polar surface area (TPSA) is 87.4 Å². The zero-order valence-corrected chi connectivity index (χ0v) is 14.7. The fourth-order valence-electron chi connectivity index (χ4n) is 2.25. The minimum atomic E-state index is -1.04. The lowest BCUT2D eigenvalue weighted by Gasteiger charge is -2.23. The third-order valence-electron chi connectivity index (χ3n) is 3.62. The summed E-state index contributed by atoms with van der Waals surface area (Å²) >= 11 is 0. The van der Waals surface area contributed by atoms with Crippen LogP contribution in [0.3, 0.4) is 0 Å². The Bertz CT molecular complexity index is 692. The molecule has 1 atom stereocenters. The molecule has 0 spiro atoms. The van der Waals surface area contributed by atoms with Gasteiger partial charge in [-0.1, -0.05) is 6.07 Å². The zero-order chi connectivity index (χ0) is 17.6. The van der Waals surface area contributed by atoms with Crippen molar-refractivity contribution in [3.8, 4) is 0 Å². The van der Waals surface area contributed by atoms with E-state index in [1.165, 1.54) is 0 Å². The third-order valence-corrected chi connectivity index (χ3v) is 3.62. The van der Waals surface area contributed by atoms with E-state index in [2.05, 4.69) is 25.7 Å². The number of pyridine rings is 1. The minimum absolute atomic E-state index is 0.325. The predicted molar refractivity (Wildman–Crippen MR) is 94.6 cm³/mol. The molecule has 2 heterocycles. The molecule has 7 nitrogen and oxygen atoms in total. The number of aromatic nitrogens is 3. The maximum Gasteiger partial charge on any atom is 0.191 e. The highest BCUT2D eigenvalue weighted by Crippen LogP contribution is 2.18. The van der Waals surface area contributed by atoms with Gasteiger partial charge in [-0.3, -0.25) is 9.67 Å². The molecule has 0 saturated carbocycles. The summed E-state index contributed by atoms with van der Waals surface area (Å²) in [6.07, 6.45) is 3.48. The number of aliphatic imine (C=N–C) groups is 1. The van der Waals surface area contributed by atoms with Gasteiger partial charge in [-0.25, -0.2) is 4.99 Å². The molecule has 130 valence electrons. The van der Waals surface area contributed by atoms with Crippen molar-refractivity contribution in [3.05, 3.63) is 47.5 Å². The second kappa shape index (κ2) is 7.92. The molecular weight excluding hydrogens is 304 g/mol. The summed E-state index contributed by atoms with van der Waals surface area (Å²) in [5.74, 6) is 0.643. The SMILES string of the molecule is CCNC(=NCc1cccc(C)n1)NCC(C)(O)c1cnn(C)c1. The fraction of sp³-hybridized carbons (Fsp3) is 0.471. The largest absolute Gasteiger partial charge is 0.383 e. The van der Waals surface area contributed by atoms with Crippen LogP contribution in [0.1, 0.15) is 30.8 Å². The van der Waals surface area contributed by atoms with Gasteiger partial charge in [-0.05, 0) is 32.9 Å². The van der Waals surface area contributed by atoms with Gasteiger partial charge in [0.25, 0.3) is 0 Å². The molecule has 7 heteroatoms. The Morgan fingerprint density at radius 1 is 1.38 bits per heavy atom. The molecule has 2 aromatic rings. The van der Waals surface area contributed by atoms with Gasteiger partial charge in [0.15, 0.2) is 5.96 Å². The smallest absolute Gasteiger partial charge is 0.191 e. The van der Waals surface area contributed by atoms with E-state index < -0.39 is 5.60 Å². The summed E-state index contributed by atoms with van der Waals surface area (Å²) in [4.78, 5) is 8.97. The Hall–Kier alpha value is -2.41. The molecule has 0 aromatic carbocycles. The Morgan fingerprint density at radius 3 is 2.79 bits per heavy atom. The van der Waals surface area contributed by atoms with Gasteiger partial charge in [-0.2, -0.15) is 5.10 Å². The minimum Gasteiger partial charge on any atom is -0.383 e. The summed E-state index contributed by atoms with van der Waals surface area (Å²) in [5.41, 5.74) is 1.60. The standard InChI is InChI=1S/C17H26N6O/c1-5-18-16(19-10-15-8-6-7-13(2)22-15)20-12-17(3,24)14-9-21-23(4)11-14/h6-9,11,24H,5,10,12H2,1-4H3,(H2,18,19,20). The molecule has 3 N–H and O–H groups in total. The second-order valence-corrected chi connectivity index (χ2v) is 6.00. The number of aryl methyl sites for hydroxylation is 2. The average molecular weight is 330 g/mol. The van der Waals surface area contributed by atoms with Gasteiger partial charge < -0.3 is 15.7 Å². The van der Waals surface area contributed by atoms with E-state index in [-0.39, 0.29) is 0 Å². The maximum absolute atomic E-state index is 10.6. The third kappa shape index (κ3) is 5.06. The van der Waals surface area contributed by atoms with E-state index in [1.54, 1.807) is 17.8 Å². The Kier molecular flexibility index (Phi) is 5.92. The monoisotopic (exact) mass is 330 g/mol. The van der Waals surface area contributed by atoms with Gasteiger partial charge in [0.05, 0.1) is 25.0 Å². The van der Waals surface area contributed by atoms with Crippen LogP contribution in [0.4, 0.5) is 0 Å². The van der Waals surface area contributed by atoms with Crippen LogP contribution < -0.4 is 10.6 Å². The molecule has 0 saturated heterocycles. The van der Waals surface area contributed by atoms with E-state index in [9.17, 15) is 5.11 Å². The molecular formula is C17H26N6O. The number of hydrogen-bond acceptors (Lipinski definition) is 4. The lowest BCUT2D eigenvalue weighted by molar-refractivity contribution is 0.0616. The molecule has 0 radical (unpaired) electrons. The molecule has 0 aliphatic rings. The number of hydrogen-bond donors (Lipinski definition) is 3. The van der Waals surface area contributed by atoms with Crippen LogP contribution in [0.15, 0.2) is 35.6 Å². The van der Waals surface area contributed by atoms with Crippen molar-refractivity contribution in [2.45, 2.75) is 32.9 Å². The van der Waals surface area contributed by atoms with Crippen LogP contribution in [0.25, 0.3) is 0 Å². The van der Waals surface area contributed by atoms with Gasteiger partial charge in [-0.15, -0.1) is 0 Å². The lowest BCUT2D eigenvalue weighted by Crippen LogP contribution is -2.44. The normalized spacial score (nSPS) is 14.3. The molecule has 2 rings (SSSR count). The van der Waals surface area contributed by atoms with E-state index in [1.807, 2.05) is 45.3 Å². The van der Waals surface area contributed by atoms with E-state index >= 15 is 0 Å². The van der Waals surface area contributed by atoms with Crippen LogP contribution in [-0.2, 0) is 19.2 Å². The van der Waals surface area contributed by atoms with Crippen LogP contribution in [-0.4, -0.2) is 38.9 Å². The summed E-state index contributed by atoms with van der Waals surface area (Å²) < 4.78 is 1.67. The Balaban J connectivity index is 2.01. The van der Waals surface area contributed by atoms with Crippen molar-refractivity contribution in [1.82, 2.24) is 25.4 Å². The average Bonchev–Trinajstić information content (AvgIpc) is 2.98. The summed E-state index contributed by atoms with van der Waals surface area (Å²) in [6.45, 7) is 7.26. The first-order chi connectivity index (χ1) is 11.4. The highest BCUT2D eigenvalue weighted by atomic mass is 16.3. The first-order valence-electron chi connectivity index (χ1n) is 8.07. The van der Waals surface area contributed by atoms with Crippen molar-refractivity contribution in [2.75, 3.05) is 13.1 Å². The van der Waals surface area contributed by atoms with E-state index in [4.69, 9.17) is 0 Å². The number of aliphatic hydroxyl groups is 1. The first-order valence-corrected chi connectivity index (χ1v) is 8.07. The van der Waals surface area contributed by atoms with Gasteiger partial charge in [0.1, 0.15) is 5.60 Å².